The molecule has 0 bridgehead atoms. The van der Waals surface area contributed by atoms with Crippen molar-refractivity contribution in [2.45, 2.75) is 119 Å². The van der Waals surface area contributed by atoms with Gasteiger partial charge in [0.25, 0.3) is 0 Å². The van der Waals surface area contributed by atoms with Crippen LogP contribution < -0.4 is 14.2 Å². The van der Waals surface area contributed by atoms with Gasteiger partial charge in [0.15, 0.2) is 45.8 Å². The predicted octanol–water partition coefficient (Wildman–Crippen LogP) is 20.8. The van der Waals surface area contributed by atoms with E-state index < -0.39 is 12.8 Å². The minimum atomic E-state index is -4.33. The molecule has 25 heteroatoms. The van der Waals surface area contributed by atoms with Crippen molar-refractivity contribution in [3.8, 4) is 28.7 Å². The number of aryl methyl sites for hydroxylation is 3. The van der Waals surface area contributed by atoms with Crippen LogP contribution in [0, 0.1) is 20.8 Å². The van der Waals surface area contributed by atoms with E-state index in [2.05, 4.69) is 202 Å². The zero-order chi connectivity index (χ0) is 93.8. The molecule has 0 radical (unpaired) electrons. The first-order valence-corrected chi connectivity index (χ1v) is 58.8. The van der Waals surface area contributed by atoms with Gasteiger partial charge in [0, 0.05) is 138 Å². The number of phenols is 2. The molecular weight excluding hydrogens is 1830 g/mol. The summed E-state index contributed by atoms with van der Waals surface area (Å²) in [5.41, 5.74) is 5.88. The summed E-state index contributed by atoms with van der Waals surface area (Å²) in [6.45, 7) is 33.8. The highest BCUT2D eigenvalue weighted by atomic mass is 32.2. The second-order valence-electron chi connectivity index (χ2n) is 34.7. The lowest BCUT2D eigenvalue weighted by molar-refractivity contribution is -0.153. The minimum absolute atomic E-state index is 0.0853. The second kappa shape index (κ2) is 54.7. The molecule has 133 heavy (non-hydrogen) atoms. The number of methoxy groups -OCH3 is 1. The normalized spacial score (nSPS) is 17.8. The molecule has 0 spiro atoms. The van der Waals surface area contributed by atoms with Gasteiger partial charge >= 0.3 is 6.18 Å². The van der Waals surface area contributed by atoms with E-state index >= 15 is 0 Å². The van der Waals surface area contributed by atoms with E-state index in [9.17, 15) is 18.3 Å². The molecule has 8 heterocycles. The van der Waals surface area contributed by atoms with E-state index in [4.69, 9.17) is 61.9 Å². The first kappa shape index (κ1) is 105. The van der Waals surface area contributed by atoms with Gasteiger partial charge in [0.2, 0.25) is 0 Å². The third-order valence-corrected chi connectivity index (χ3v) is 41.2. The van der Waals surface area contributed by atoms with E-state index in [0.717, 1.165) is 179 Å². The van der Waals surface area contributed by atoms with Crippen molar-refractivity contribution in [3.05, 3.63) is 247 Å². The molecule has 0 saturated carbocycles. The molecular formula is C108H139F3O14S8+8. The Morgan fingerprint density at radius 1 is 0.316 bits per heavy atom. The molecule has 14 nitrogen and oxygen atoms in total. The fourth-order valence-electron chi connectivity index (χ4n) is 16.2. The number of alkyl halides is 3. The molecule has 8 aliphatic heterocycles. The summed E-state index contributed by atoms with van der Waals surface area (Å²) in [4.78, 5) is 11.4. The van der Waals surface area contributed by atoms with Crippen LogP contribution >= 0.6 is 0 Å². The van der Waals surface area contributed by atoms with E-state index in [0.29, 0.717) is 90.1 Å². The minimum Gasteiger partial charge on any atom is -0.508 e. The van der Waals surface area contributed by atoms with Gasteiger partial charge in [-0.15, -0.1) is 0 Å². The predicted molar refractivity (Wildman–Crippen MR) is 559 cm³/mol. The number of aromatic hydroxyl groups is 2. The molecule has 8 fully saturated rings. The number of rotatable bonds is 15. The van der Waals surface area contributed by atoms with Gasteiger partial charge in [-0.25, -0.2) is 0 Å². The molecule has 0 amide bonds. The van der Waals surface area contributed by atoms with Crippen molar-refractivity contribution in [1.82, 2.24) is 0 Å². The van der Waals surface area contributed by atoms with E-state index in [1.165, 1.54) is 119 Å². The Morgan fingerprint density at radius 2 is 0.624 bits per heavy atom. The molecule has 11 aromatic carbocycles. The molecule has 2 N–H and O–H groups in total. The highest BCUT2D eigenvalue weighted by Gasteiger charge is 2.36. The maximum atomic E-state index is 12.4. The van der Waals surface area contributed by atoms with E-state index in [-0.39, 0.29) is 38.6 Å². The van der Waals surface area contributed by atoms with Gasteiger partial charge in [-0.3, -0.25) is 0 Å². The Balaban J connectivity index is 0.000000138. The number of halogens is 3. The smallest absolute Gasteiger partial charge is 0.422 e. The molecule has 8 aliphatic rings. The zero-order valence-corrected chi connectivity index (χ0v) is 85.8. The molecule has 0 aliphatic carbocycles. The Hall–Kier alpha value is -6.57. The van der Waals surface area contributed by atoms with Crippen LogP contribution in [-0.2, 0) is 135 Å². The zero-order valence-electron chi connectivity index (χ0n) is 79.3. The van der Waals surface area contributed by atoms with Crippen molar-refractivity contribution in [3.63, 3.8) is 0 Å². The van der Waals surface area contributed by atoms with Crippen molar-refractivity contribution in [2.75, 3.05) is 225 Å². The monoisotopic (exact) mass is 1970 g/mol. The number of hydrogen-bond acceptors (Lipinski definition) is 14. The van der Waals surface area contributed by atoms with Crippen LogP contribution in [0.3, 0.4) is 0 Å². The fourth-order valence-corrected chi connectivity index (χ4v) is 31.9. The van der Waals surface area contributed by atoms with Gasteiger partial charge in [-0.1, -0.05) is 123 Å². The second-order valence-corrected chi connectivity index (χ2v) is 52.7. The van der Waals surface area contributed by atoms with Gasteiger partial charge in [0.05, 0.1) is 112 Å². The number of ether oxygens (including phenoxy) is 12. The Morgan fingerprint density at radius 3 is 0.985 bits per heavy atom. The standard InChI is InChI=1S/C17H21O3S.C16H16F3O2S.C14H14O2S.C14H21O2S.C14H21OS.C13H19OS.C10H12O2S.C10H13OS/c1-18-8-9-20-16-6-7-17(21-12-10-19-11-13-21)15-5-3-2-4-14(15)16;17-16(18,19)11-21-14-5-6-15(22-9-7-20-8-10-22)13-4-2-1-3-12(13)14;15-13-5-6-14(17-9-7-16-8-10-17)12-4-2-1-3-11(12)13;1-14(2,3)16-12-4-6-13(7-5-12)17-10-8-15-9-11-17;1-14(2,3)12-4-6-13(7-5-12)16-10-8-15-9-11-16;1-10-8-11(2)13(12(3)9-10)15-6-4-14-5-7-15;11-9-1-3-10(4-2-9)13-7-5-12-6-8-13;1-2-4-10(5-3-1)12-8-6-11-7-9-12/h2-7H,8-13H2,1H3;1-6H,7-11H2;1-6H,7-10H2;4-7H,8-11H2,1-3H3;4-7H,8-11H2,1-3H3;8-9H,4-7H2,1-3H3;1-4H,5-8H2;1-5H,6-9H2/q2*+1;;3*+1;;+1/p+2. The number of phenolic OH excluding ortho intramolecular Hbond substituents is 2. The topological polar surface area (TPSA) is 151 Å². The lowest BCUT2D eigenvalue weighted by Gasteiger charge is -2.21. The summed E-state index contributed by atoms with van der Waals surface area (Å²) >= 11 is 0. The summed E-state index contributed by atoms with van der Waals surface area (Å²) < 4.78 is 102. The van der Waals surface area contributed by atoms with Gasteiger partial charge in [-0.05, 0) is 180 Å². The number of hydrogen-bond donors (Lipinski definition) is 2. The first-order valence-electron chi connectivity index (χ1n) is 46.3. The average Bonchev–Trinajstić information content (AvgIpc) is 0.798. The Bertz CT molecular complexity index is 5210. The number of benzene rings is 11. The molecule has 0 atom stereocenters. The average molecular weight is 1970 g/mol. The highest BCUT2D eigenvalue weighted by molar-refractivity contribution is 7.99. The number of fused-ring (bicyclic) bond motifs is 3. The van der Waals surface area contributed by atoms with Crippen LogP contribution in [0.4, 0.5) is 13.2 Å². The summed E-state index contributed by atoms with van der Waals surface area (Å²) in [5.74, 6) is 21.2. The van der Waals surface area contributed by atoms with Gasteiger partial charge in [-0.2, -0.15) is 13.2 Å². The molecule has 19 rings (SSSR count). The van der Waals surface area contributed by atoms with Crippen molar-refractivity contribution >= 4 is 119 Å². The third-order valence-electron chi connectivity index (χ3n) is 22.8. The van der Waals surface area contributed by atoms with E-state index in [1.807, 2.05) is 66.7 Å². The quantitative estimate of drug-likeness (QED) is 0.0740. The highest BCUT2D eigenvalue weighted by Crippen LogP contribution is 2.38. The molecule has 716 valence electrons. The lowest BCUT2D eigenvalue weighted by atomic mass is 9.87. The molecule has 0 unspecified atom stereocenters. The van der Waals surface area contributed by atoms with Gasteiger partial charge < -0.3 is 67.1 Å². The SMILES string of the molecule is CC(C)(C)Oc1ccc([S+]2CCOCC2)cc1.CC(C)(C)c1ccc([S+]2CCOCC2)cc1.COCCOc1ccc([S+]2CCOCC2)c2ccccc12.Cc1cc(C)c([S+]2CCOCC2)c(C)c1.FC(F)(F)COc1ccc([S+]2CCOCC2)c2ccccc12.Oc1ccc([S+]2CCOCC2)c2ccccc12.Oc1ccc([S+]2CCOCC2)cc1.c1ccc([S+]2CCOCC2)cc1. The maximum Gasteiger partial charge on any atom is 0.422 e. The third kappa shape index (κ3) is 33.9. The Kier molecular flexibility index (Phi) is 43.3. The molecule has 11 aromatic rings. The summed E-state index contributed by atoms with van der Waals surface area (Å²) in [6, 6.07) is 76.7. The van der Waals surface area contributed by atoms with Crippen LogP contribution in [-0.4, -0.2) is 247 Å². The van der Waals surface area contributed by atoms with Crippen LogP contribution in [0.5, 0.6) is 28.7 Å². The largest absolute Gasteiger partial charge is 0.508 e. The summed E-state index contributed by atoms with van der Waals surface area (Å²) in [5, 5.41) is 25.4. The molecule has 8 saturated heterocycles. The van der Waals surface area contributed by atoms with Crippen LogP contribution in [0.1, 0.15) is 63.8 Å². The first-order chi connectivity index (χ1) is 64.4. The summed E-state index contributed by atoms with van der Waals surface area (Å²) in [7, 11) is 4.41. The Labute approximate surface area is 812 Å². The maximum absolute atomic E-state index is 12.4. The fraction of sp³-hybridized carbons (Fsp3) is 0.444. The van der Waals surface area contributed by atoms with Crippen LogP contribution in [0.25, 0.3) is 32.3 Å². The van der Waals surface area contributed by atoms with Crippen molar-refractivity contribution in [2.24, 2.45) is 0 Å². The van der Waals surface area contributed by atoms with Crippen molar-refractivity contribution in [1.29, 1.82) is 0 Å². The summed E-state index contributed by atoms with van der Waals surface area (Å²) in [6.07, 6.45) is -4.33. The van der Waals surface area contributed by atoms with Crippen molar-refractivity contribution < 1.29 is 80.2 Å². The van der Waals surface area contributed by atoms with Gasteiger partial charge in [0.1, 0.15) is 133 Å². The molecule has 0 aromatic heterocycles. The van der Waals surface area contributed by atoms with E-state index in [1.54, 1.807) is 30.2 Å². The van der Waals surface area contributed by atoms with Crippen LogP contribution in [0.2, 0.25) is 0 Å². The lowest BCUT2D eigenvalue weighted by Crippen LogP contribution is -2.27. The van der Waals surface area contributed by atoms with Crippen LogP contribution in [0.15, 0.2) is 264 Å².